The number of hydrogen-bond acceptors (Lipinski definition) is 5. The summed E-state index contributed by atoms with van der Waals surface area (Å²) >= 11 is 6.15. The average molecular weight is 372 g/mol. The van der Waals surface area contributed by atoms with Gasteiger partial charge in [0.1, 0.15) is 5.82 Å². The van der Waals surface area contributed by atoms with E-state index in [0.717, 1.165) is 29.7 Å². The van der Waals surface area contributed by atoms with E-state index in [-0.39, 0.29) is 11.7 Å². The molecule has 1 aliphatic heterocycles. The topological polar surface area (TPSA) is 67.6 Å². The van der Waals surface area contributed by atoms with E-state index in [1.165, 1.54) is 0 Å². The number of aryl methyl sites for hydroxylation is 1. The van der Waals surface area contributed by atoms with E-state index in [1.54, 1.807) is 18.3 Å². The Morgan fingerprint density at radius 2 is 2.04 bits per heavy atom. The van der Waals surface area contributed by atoms with E-state index in [1.807, 2.05) is 25.1 Å². The van der Waals surface area contributed by atoms with Crippen LogP contribution in [0, 0.1) is 6.92 Å². The number of halogens is 1. The predicted octanol–water partition coefficient (Wildman–Crippen LogP) is 3.88. The molecule has 1 amide bonds. The standard InChI is InChI=1S/C19H18ClN3O3/c1-12-14-3-2-4-15(20)18(14)26-17(12)19(24)22-16-6-5-13(11-21-16)23-7-9-25-10-8-23/h2-6,11H,7-10H2,1H3,(H,21,22,24). The highest BCUT2D eigenvalue weighted by atomic mass is 35.5. The van der Waals surface area contributed by atoms with Crippen LogP contribution >= 0.6 is 11.6 Å². The first kappa shape index (κ1) is 16.9. The van der Waals surface area contributed by atoms with Crippen LogP contribution in [0.25, 0.3) is 11.0 Å². The summed E-state index contributed by atoms with van der Waals surface area (Å²) in [6.07, 6.45) is 1.75. The third-order valence-corrected chi connectivity index (χ3v) is 4.79. The Kier molecular flexibility index (Phi) is 4.53. The maximum absolute atomic E-state index is 12.6. The molecule has 26 heavy (non-hydrogen) atoms. The fourth-order valence-corrected chi connectivity index (χ4v) is 3.28. The summed E-state index contributed by atoms with van der Waals surface area (Å²) in [5.74, 6) is 0.367. The lowest BCUT2D eigenvalue weighted by molar-refractivity contribution is 0.0997. The van der Waals surface area contributed by atoms with Crippen molar-refractivity contribution in [3.8, 4) is 0 Å². The molecule has 0 saturated carbocycles. The van der Waals surface area contributed by atoms with Crippen LogP contribution in [-0.4, -0.2) is 37.2 Å². The normalized spacial score (nSPS) is 14.6. The van der Waals surface area contributed by atoms with Gasteiger partial charge in [0.25, 0.3) is 5.91 Å². The Morgan fingerprint density at radius 3 is 2.73 bits per heavy atom. The number of nitrogens with zero attached hydrogens (tertiary/aromatic N) is 2. The summed E-state index contributed by atoms with van der Waals surface area (Å²) in [5.41, 5.74) is 2.29. The van der Waals surface area contributed by atoms with Crippen LogP contribution in [0.1, 0.15) is 16.1 Å². The summed E-state index contributed by atoms with van der Waals surface area (Å²) in [6.45, 7) is 4.95. The number of para-hydroxylation sites is 1. The number of carbonyl (C=O) groups excluding carboxylic acids is 1. The first-order valence-electron chi connectivity index (χ1n) is 8.41. The van der Waals surface area contributed by atoms with Crippen LogP contribution in [0.15, 0.2) is 40.9 Å². The van der Waals surface area contributed by atoms with Gasteiger partial charge in [-0.1, -0.05) is 23.7 Å². The average Bonchev–Trinajstić information content (AvgIpc) is 3.01. The fraction of sp³-hybridized carbons (Fsp3) is 0.263. The number of aromatic nitrogens is 1. The molecule has 0 atom stereocenters. The quantitative estimate of drug-likeness (QED) is 0.756. The van der Waals surface area contributed by atoms with Gasteiger partial charge in [0.15, 0.2) is 11.3 Å². The molecule has 1 fully saturated rings. The highest BCUT2D eigenvalue weighted by Gasteiger charge is 2.19. The largest absolute Gasteiger partial charge is 0.449 e. The second-order valence-corrected chi connectivity index (χ2v) is 6.54. The molecule has 1 N–H and O–H groups in total. The van der Waals surface area contributed by atoms with Crippen LogP contribution in [0.4, 0.5) is 11.5 Å². The number of benzene rings is 1. The smallest absolute Gasteiger partial charge is 0.292 e. The zero-order valence-electron chi connectivity index (χ0n) is 14.3. The Bertz CT molecular complexity index is 947. The number of pyridine rings is 1. The van der Waals surface area contributed by atoms with Gasteiger partial charge in [0, 0.05) is 24.0 Å². The summed E-state index contributed by atoms with van der Waals surface area (Å²) in [5, 5.41) is 4.10. The maximum atomic E-state index is 12.6. The molecular weight excluding hydrogens is 354 g/mol. The monoisotopic (exact) mass is 371 g/mol. The number of fused-ring (bicyclic) bond motifs is 1. The zero-order valence-corrected chi connectivity index (χ0v) is 15.0. The second-order valence-electron chi connectivity index (χ2n) is 6.13. The number of morpholine rings is 1. The molecule has 1 aliphatic rings. The molecule has 134 valence electrons. The van der Waals surface area contributed by atoms with Gasteiger partial charge in [-0.2, -0.15) is 0 Å². The van der Waals surface area contributed by atoms with E-state index in [4.69, 9.17) is 20.8 Å². The van der Waals surface area contributed by atoms with Gasteiger partial charge >= 0.3 is 0 Å². The fourth-order valence-electron chi connectivity index (χ4n) is 3.07. The lowest BCUT2D eigenvalue weighted by Crippen LogP contribution is -2.36. The Morgan fingerprint density at radius 1 is 1.23 bits per heavy atom. The van der Waals surface area contributed by atoms with Crippen molar-refractivity contribution in [1.29, 1.82) is 0 Å². The Balaban J connectivity index is 1.53. The summed E-state index contributed by atoms with van der Waals surface area (Å²) in [6, 6.07) is 9.18. The molecular formula is C19H18ClN3O3. The number of anilines is 2. The first-order chi connectivity index (χ1) is 12.6. The van der Waals surface area contributed by atoms with Crippen LogP contribution in [-0.2, 0) is 4.74 Å². The molecule has 3 heterocycles. The van der Waals surface area contributed by atoms with E-state index in [2.05, 4.69) is 15.2 Å². The van der Waals surface area contributed by atoms with Crippen LogP contribution < -0.4 is 10.2 Å². The first-order valence-corrected chi connectivity index (χ1v) is 8.79. The number of rotatable bonds is 3. The van der Waals surface area contributed by atoms with Gasteiger partial charge in [-0.15, -0.1) is 0 Å². The third kappa shape index (κ3) is 3.13. The molecule has 2 aromatic heterocycles. The van der Waals surface area contributed by atoms with Gasteiger partial charge < -0.3 is 19.4 Å². The molecule has 0 spiro atoms. The van der Waals surface area contributed by atoms with Crippen molar-refractivity contribution in [2.24, 2.45) is 0 Å². The molecule has 0 radical (unpaired) electrons. The van der Waals surface area contributed by atoms with Crippen LogP contribution in [0.2, 0.25) is 5.02 Å². The van der Waals surface area contributed by atoms with Gasteiger partial charge in [-0.3, -0.25) is 4.79 Å². The van der Waals surface area contributed by atoms with Crippen molar-refractivity contribution >= 4 is 40.0 Å². The summed E-state index contributed by atoms with van der Waals surface area (Å²) < 4.78 is 11.0. The highest BCUT2D eigenvalue weighted by molar-refractivity contribution is 6.35. The Labute approximate surface area is 155 Å². The molecule has 7 heteroatoms. The molecule has 0 bridgehead atoms. The van der Waals surface area contributed by atoms with Crippen molar-refractivity contribution < 1.29 is 13.9 Å². The molecule has 0 unspecified atom stereocenters. The minimum absolute atomic E-state index is 0.243. The zero-order chi connectivity index (χ0) is 18.1. The van der Waals surface area contributed by atoms with E-state index in [9.17, 15) is 4.79 Å². The van der Waals surface area contributed by atoms with Gasteiger partial charge in [0.2, 0.25) is 0 Å². The third-order valence-electron chi connectivity index (χ3n) is 4.49. The SMILES string of the molecule is Cc1c(C(=O)Nc2ccc(N3CCOCC3)cn2)oc2c(Cl)cccc12. The number of furan rings is 1. The minimum Gasteiger partial charge on any atom is -0.449 e. The molecule has 1 saturated heterocycles. The molecule has 4 rings (SSSR count). The lowest BCUT2D eigenvalue weighted by Gasteiger charge is -2.28. The van der Waals surface area contributed by atoms with E-state index >= 15 is 0 Å². The molecule has 0 aliphatic carbocycles. The molecule has 1 aromatic carbocycles. The van der Waals surface area contributed by atoms with Crippen LogP contribution in [0.3, 0.4) is 0 Å². The lowest BCUT2D eigenvalue weighted by atomic mass is 10.1. The van der Waals surface area contributed by atoms with Crippen molar-refractivity contribution in [3.05, 3.63) is 52.9 Å². The minimum atomic E-state index is -0.346. The number of amides is 1. The van der Waals surface area contributed by atoms with Gasteiger partial charge in [-0.25, -0.2) is 4.98 Å². The Hall–Kier alpha value is -2.57. The number of ether oxygens (including phenoxy) is 1. The summed E-state index contributed by atoms with van der Waals surface area (Å²) in [4.78, 5) is 19.1. The van der Waals surface area contributed by atoms with Crippen molar-refractivity contribution in [2.45, 2.75) is 6.92 Å². The highest BCUT2D eigenvalue weighted by Crippen LogP contribution is 2.31. The van der Waals surface area contributed by atoms with Gasteiger partial charge in [0.05, 0.1) is 30.1 Å². The van der Waals surface area contributed by atoms with Gasteiger partial charge in [-0.05, 0) is 25.1 Å². The number of carbonyl (C=O) groups is 1. The van der Waals surface area contributed by atoms with Crippen molar-refractivity contribution in [2.75, 3.05) is 36.5 Å². The molecule has 6 nitrogen and oxygen atoms in total. The summed E-state index contributed by atoms with van der Waals surface area (Å²) in [7, 11) is 0. The number of hydrogen-bond donors (Lipinski definition) is 1. The molecule has 3 aromatic rings. The van der Waals surface area contributed by atoms with E-state index < -0.39 is 0 Å². The van der Waals surface area contributed by atoms with Crippen molar-refractivity contribution in [3.63, 3.8) is 0 Å². The maximum Gasteiger partial charge on any atom is 0.292 e. The predicted molar refractivity (Wildman–Crippen MR) is 101 cm³/mol. The van der Waals surface area contributed by atoms with E-state index in [0.29, 0.717) is 29.6 Å². The van der Waals surface area contributed by atoms with Crippen LogP contribution in [0.5, 0.6) is 0 Å². The number of nitrogens with one attached hydrogen (secondary N) is 1. The second kappa shape index (κ2) is 6.97. The van der Waals surface area contributed by atoms with Crippen molar-refractivity contribution in [1.82, 2.24) is 4.98 Å².